The Hall–Kier alpha value is -3.48. The van der Waals surface area contributed by atoms with E-state index in [1.807, 2.05) is 6.07 Å². The highest BCUT2D eigenvalue weighted by Gasteiger charge is 2.13. The van der Waals surface area contributed by atoms with Crippen LogP contribution in [0.25, 0.3) is 11.3 Å². The molecule has 0 spiro atoms. The summed E-state index contributed by atoms with van der Waals surface area (Å²) >= 11 is 0. The summed E-state index contributed by atoms with van der Waals surface area (Å²) in [6, 6.07) is 11.9. The van der Waals surface area contributed by atoms with E-state index in [0.29, 0.717) is 29.2 Å². The molecule has 2 heterocycles. The lowest BCUT2D eigenvalue weighted by molar-refractivity contribution is 0.0526. The maximum atomic E-state index is 12.4. The molecular weight excluding hydrogens is 320 g/mol. The minimum absolute atomic E-state index is 0.292. The fraction of sp³-hybridized carbons (Fsp3) is 0.111. The number of esters is 1. The highest BCUT2D eigenvalue weighted by molar-refractivity contribution is 6.04. The number of nitrogens with one attached hydrogen (secondary N) is 2. The van der Waals surface area contributed by atoms with Gasteiger partial charge in [-0.3, -0.25) is 14.9 Å². The first-order valence-corrected chi connectivity index (χ1v) is 7.71. The third-order valence-corrected chi connectivity index (χ3v) is 3.41. The number of anilines is 1. The van der Waals surface area contributed by atoms with Gasteiger partial charge in [0.25, 0.3) is 5.91 Å². The molecule has 7 heteroatoms. The van der Waals surface area contributed by atoms with Crippen molar-refractivity contribution in [2.45, 2.75) is 6.92 Å². The average molecular weight is 336 g/mol. The Morgan fingerprint density at radius 3 is 2.84 bits per heavy atom. The van der Waals surface area contributed by atoms with Crippen molar-refractivity contribution >= 4 is 17.6 Å². The van der Waals surface area contributed by atoms with Crippen LogP contribution in [0.5, 0.6) is 0 Å². The molecule has 0 aliphatic rings. The number of carbonyl (C=O) groups is 2. The number of benzene rings is 1. The number of hydrogen-bond acceptors (Lipinski definition) is 5. The van der Waals surface area contributed by atoms with Gasteiger partial charge >= 0.3 is 5.97 Å². The van der Waals surface area contributed by atoms with E-state index in [1.165, 1.54) is 0 Å². The first-order valence-electron chi connectivity index (χ1n) is 7.71. The van der Waals surface area contributed by atoms with Gasteiger partial charge < -0.3 is 10.1 Å². The van der Waals surface area contributed by atoms with Crippen molar-refractivity contribution in [1.29, 1.82) is 0 Å². The molecule has 0 bridgehead atoms. The van der Waals surface area contributed by atoms with Gasteiger partial charge in [0.1, 0.15) is 5.69 Å². The maximum absolute atomic E-state index is 12.4. The lowest BCUT2D eigenvalue weighted by Crippen LogP contribution is -2.13. The molecule has 0 fully saturated rings. The van der Waals surface area contributed by atoms with Crippen LogP contribution in [-0.2, 0) is 4.74 Å². The number of amides is 1. The van der Waals surface area contributed by atoms with Crippen molar-refractivity contribution in [2.24, 2.45) is 0 Å². The van der Waals surface area contributed by atoms with Crippen LogP contribution in [0.4, 0.5) is 5.69 Å². The quantitative estimate of drug-likeness (QED) is 0.698. The van der Waals surface area contributed by atoms with Crippen molar-refractivity contribution in [3.63, 3.8) is 0 Å². The van der Waals surface area contributed by atoms with Crippen LogP contribution < -0.4 is 5.32 Å². The molecule has 0 saturated carbocycles. The molecule has 0 saturated heterocycles. The zero-order chi connectivity index (χ0) is 17.6. The van der Waals surface area contributed by atoms with Gasteiger partial charge in [-0.1, -0.05) is 6.07 Å². The molecule has 2 N–H and O–H groups in total. The SMILES string of the molecule is CCOC(=O)c1cccc(NC(=O)c2cc(-c3cccnc3)n[nH]2)c1. The van der Waals surface area contributed by atoms with E-state index in [1.54, 1.807) is 55.7 Å². The van der Waals surface area contributed by atoms with Crippen LogP contribution in [0.1, 0.15) is 27.8 Å². The van der Waals surface area contributed by atoms with Crippen LogP contribution in [0.15, 0.2) is 54.9 Å². The van der Waals surface area contributed by atoms with E-state index in [2.05, 4.69) is 20.5 Å². The van der Waals surface area contributed by atoms with Gasteiger partial charge in [-0.25, -0.2) is 4.79 Å². The summed E-state index contributed by atoms with van der Waals surface area (Å²) in [5, 5.41) is 9.55. The van der Waals surface area contributed by atoms with Gasteiger partial charge in [0.05, 0.1) is 17.9 Å². The Kier molecular flexibility index (Phi) is 4.84. The molecule has 0 aliphatic heterocycles. The highest BCUT2D eigenvalue weighted by atomic mass is 16.5. The normalized spacial score (nSPS) is 10.3. The lowest BCUT2D eigenvalue weighted by Gasteiger charge is -2.06. The number of pyridine rings is 1. The fourth-order valence-corrected chi connectivity index (χ4v) is 2.24. The molecular formula is C18H16N4O3. The zero-order valence-electron chi connectivity index (χ0n) is 13.5. The van der Waals surface area contributed by atoms with E-state index in [9.17, 15) is 9.59 Å². The summed E-state index contributed by atoms with van der Waals surface area (Å²) < 4.78 is 4.95. The molecule has 0 radical (unpaired) electrons. The third kappa shape index (κ3) is 3.89. The summed E-state index contributed by atoms with van der Waals surface area (Å²) in [5.74, 6) is -0.789. The largest absolute Gasteiger partial charge is 0.462 e. The number of aromatic amines is 1. The molecule has 0 unspecified atom stereocenters. The van der Waals surface area contributed by atoms with Gasteiger partial charge in [-0.2, -0.15) is 5.10 Å². The molecule has 1 amide bonds. The maximum Gasteiger partial charge on any atom is 0.338 e. The van der Waals surface area contributed by atoms with Crippen LogP contribution in [0.3, 0.4) is 0 Å². The predicted molar refractivity (Wildman–Crippen MR) is 92.2 cm³/mol. The van der Waals surface area contributed by atoms with Gasteiger partial charge in [-0.05, 0) is 43.3 Å². The minimum Gasteiger partial charge on any atom is -0.462 e. The van der Waals surface area contributed by atoms with Crippen LogP contribution in [0.2, 0.25) is 0 Å². The molecule has 0 aliphatic carbocycles. The Morgan fingerprint density at radius 1 is 1.20 bits per heavy atom. The number of nitrogens with zero attached hydrogens (tertiary/aromatic N) is 2. The monoisotopic (exact) mass is 336 g/mol. The summed E-state index contributed by atoms with van der Waals surface area (Å²) in [6.45, 7) is 2.03. The third-order valence-electron chi connectivity index (χ3n) is 3.41. The number of ether oxygens (including phenoxy) is 1. The predicted octanol–water partition coefficient (Wildman–Crippen LogP) is 2.90. The van der Waals surface area contributed by atoms with Crippen LogP contribution in [0, 0.1) is 0 Å². The molecule has 126 valence electrons. The first-order chi connectivity index (χ1) is 12.2. The number of hydrogen-bond donors (Lipinski definition) is 2. The minimum atomic E-state index is -0.431. The van der Waals surface area contributed by atoms with Crippen molar-refractivity contribution in [3.05, 3.63) is 66.1 Å². The smallest absolute Gasteiger partial charge is 0.338 e. The fourth-order valence-electron chi connectivity index (χ4n) is 2.24. The van der Waals surface area contributed by atoms with Crippen molar-refractivity contribution in [1.82, 2.24) is 15.2 Å². The van der Waals surface area contributed by atoms with E-state index in [0.717, 1.165) is 5.56 Å². The van der Waals surface area contributed by atoms with Crippen molar-refractivity contribution in [2.75, 3.05) is 11.9 Å². The lowest BCUT2D eigenvalue weighted by atomic mass is 10.2. The Bertz CT molecular complexity index is 890. The molecule has 3 rings (SSSR count). The van der Waals surface area contributed by atoms with E-state index in [-0.39, 0.29) is 5.91 Å². The first kappa shape index (κ1) is 16.4. The summed E-state index contributed by atoms with van der Waals surface area (Å²) in [5.41, 5.74) is 2.61. The van der Waals surface area contributed by atoms with Crippen molar-refractivity contribution < 1.29 is 14.3 Å². The Morgan fingerprint density at radius 2 is 2.08 bits per heavy atom. The standard InChI is InChI=1S/C18H16N4O3/c1-2-25-18(24)12-5-3-7-14(9-12)20-17(23)16-10-15(21-22-16)13-6-4-8-19-11-13/h3-11H,2H2,1H3,(H,20,23)(H,21,22). The summed E-state index contributed by atoms with van der Waals surface area (Å²) in [6.07, 6.45) is 3.33. The van der Waals surface area contributed by atoms with E-state index >= 15 is 0 Å². The van der Waals surface area contributed by atoms with Gasteiger partial charge in [0.15, 0.2) is 0 Å². The van der Waals surface area contributed by atoms with Crippen LogP contribution >= 0.6 is 0 Å². The Labute approximate surface area is 144 Å². The molecule has 3 aromatic rings. The number of carbonyl (C=O) groups excluding carboxylic acids is 2. The second-order valence-electron chi connectivity index (χ2n) is 5.16. The topological polar surface area (TPSA) is 97.0 Å². The molecule has 1 aromatic carbocycles. The number of aromatic nitrogens is 3. The van der Waals surface area contributed by atoms with Gasteiger partial charge in [-0.15, -0.1) is 0 Å². The number of H-pyrrole nitrogens is 1. The molecule has 2 aromatic heterocycles. The van der Waals surface area contributed by atoms with Gasteiger partial charge in [0.2, 0.25) is 0 Å². The second-order valence-corrected chi connectivity index (χ2v) is 5.16. The Balaban J connectivity index is 1.74. The van der Waals surface area contributed by atoms with Gasteiger partial charge in [0, 0.05) is 23.6 Å². The second kappa shape index (κ2) is 7.39. The van der Waals surface area contributed by atoms with Crippen LogP contribution in [-0.4, -0.2) is 33.7 Å². The average Bonchev–Trinajstić information content (AvgIpc) is 3.13. The summed E-state index contributed by atoms with van der Waals surface area (Å²) in [4.78, 5) is 28.1. The van der Waals surface area contributed by atoms with Crippen molar-refractivity contribution in [3.8, 4) is 11.3 Å². The summed E-state index contributed by atoms with van der Waals surface area (Å²) in [7, 11) is 0. The molecule has 7 nitrogen and oxygen atoms in total. The number of rotatable bonds is 5. The highest BCUT2D eigenvalue weighted by Crippen LogP contribution is 2.17. The zero-order valence-corrected chi connectivity index (χ0v) is 13.5. The molecule has 25 heavy (non-hydrogen) atoms. The molecule has 0 atom stereocenters. The van der Waals surface area contributed by atoms with E-state index < -0.39 is 5.97 Å². The van der Waals surface area contributed by atoms with E-state index in [4.69, 9.17) is 4.74 Å².